The van der Waals surface area contributed by atoms with Crippen molar-refractivity contribution in [1.82, 2.24) is 0 Å². The summed E-state index contributed by atoms with van der Waals surface area (Å²) in [6.45, 7) is 4.50. The number of esters is 2. The summed E-state index contributed by atoms with van der Waals surface area (Å²) in [4.78, 5) is 35.9. The van der Waals surface area contributed by atoms with E-state index in [1.807, 2.05) is 21.1 Å². The maximum Gasteiger partial charge on any atom is 0.472 e. The number of ether oxygens (including phenoxy) is 2. The molecule has 9 nitrogen and oxygen atoms in total. The summed E-state index contributed by atoms with van der Waals surface area (Å²) in [6.07, 6.45) is 80.1. The van der Waals surface area contributed by atoms with Crippen LogP contribution in [0.2, 0.25) is 0 Å². The molecule has 0 aliphatic rings. The number of quaternary nitrogens is 1. The summed E-state index contributed by atoms with van der Waals surface area (Å²) in [6, 6.07) is 0. The molecule has 0 saturated carbocycles. The molecule has 0 aromatic rings. The molecule has 0 fully saturated rings. The highest BCUT2D eigenvalue weighted by Crippen LogP contribution is 2.43. The first-order valence-electron chi connectivity index (χ1n) is 36.1. The topological polar surface area (TPSA) is 108 Å². The Labute approximate surface area is 510 Å². The average molecular weight is 1180 g/mol. The molecule has 0 aliphatic carbocycles. The number of likely N-dealkylation sites (N-methyl/N-ethyl adjacent to an activating group) is 1. The molecule has 486 valence electrons. The molecule has 0 aromatic heterocycles. The number of hydrogen-bond acceptors (Lipinski definition) is 7. The van der Waals surface area contributed by atoms with Crippen LogP contribution in [0.15, 0.2) is 24.3 Å². The standard InChI is InChI=1S/C72H140NO8P/c1-6-8-10-12-14-16-18-20-22-24-26-28-30-32-34-35-36-37-39-40-42-44-46-48-50-52-54-56-58-60-62-64-71(74)78-68-70(69-80-82(76,77)79-67-66-73(3,4)5)81-72(75)65-63-61-59-57-55-53-51-49-47-45-43-41-38-33-31-29-27-25-23-21-19-17-15-13-11-9-7-2/h19,21,25,27,70H,6-18,20,22-24,26,28-69H2,1-5H3/p+1/b21-19-,27-25-. The number of carbonyl (C=O) groups excluding carboxylic acids is 2. The zero-order valence-electron chi connectivity index (χ0n) is 55.5. The van der Waals surface area contributed by atoms with Gasteiger partial charge in [-0.25, -0.2) is 4.57 Å². The first-order chi connectivity index (χ1) is 40.0. The lowest BCUT2D eigenvalue weighted by atomic mass is 10.0. The SMILES string of the molecule is CCCCCCC/C=C\C/C=C\CCCCCCCCCCCCCCCCCC(=O)OC(COC(=O)CCCCCCCCCCCCCCCCCCCCCCCCCCCCCCCCC)COP(=O)(O)OCC[N+](C)(C)C. The molecule has 0 amide bonds. The third-order valence-corrected chi connectivity index (χ3v) is 17.5. The molecule has 0 saturated heterocycles. The van der Waals surface area contributed by atoms with Crippen LogP contribution in [-0.2, 0) is 32.7 Å². The van der Waals surface area contributed by atoms with Gasteiger partial charge in [0.05, 0.1) is 27.7 Å². The first kappa shape index (κ1) is 80.5. The molecule has 0 aliphatic heterocycles. The monoisotopic (exact) mass is 1180 g/mol. The minimum absolute atomic E-state index is 0.0352. The molecular weight excluding hydrogens is 1040 g/mol. The molecule has 0 rings (SSSR count). The Bertz CT molecular complexity index is 1430. The highest BCUT2D eigenvalue weighted by Gasteiger charge is 2.27. The van der Waals surface area contributed by atoms with Gasteiger partial charge in [-0.3, -0.25) is 18.6 Å². The van der Waals surface area contributed by atoms with Crippen molar-refractivity contribution >= 4 is 19.8 Å². The Hall–Kier alpha value is -1.51. The number of phosphoric acid groups is 1. The van der Waals surface area contributed by atoms with Gasteiger partial charge in [-0.15, -0.1) is 0 Å². The lowest BCUT2D eigenvalue weighted by molar-refractivity contribution is -0.870. The van der Waals surface area contributed by atoms with Crippen LogP contribution >= 0.6 is 7.82 Å². The van der Waals surface area contributed by atoms with E-state index in [1.54, 1.807) is 0 Å². The molecule has 82 heavy (non-hydrogen) atoms. The van der Waals surface area contributed by atoms with Crippen molar-refractivity contribution < 1.29 is 42.1 Å². The van der Waals surface area contributed by atoms with Crippen molar-refractivity contribution in [3.05, 3.63) is 24.3 Å². The summed E-state index contributed by atoms with van der Waals surface area (Å²) in [5.74, 6) is -0.774. The minimum atomic E-state index is -4.39. The number of phosphoric ester groups is 1. The lowest BCUT2D eigenvalue weighted by Gasteiger charge is -2.24. The Balaban J connectivity index is 3.97. The van der Waals surface area contributed by atoms with Crippen LogP contribution in [0.4, 0.5) is 0 Å². The van der Waals surface area contributed by atoms with E-state index in [4.69, 9.17) is 18.5 Å². The van der Waals surface area contributed by atoms with Crippen molar-refractivity contribution in [3.8, 4) is 0 Å². The van der Waals surface area contributed by atoms with E-state index < -0.39 is 26.5 Å². The second-order valence-corrected chi connectivity index (χ2v) is 27.4. The molecule has 0 heterocycles. The van der Waals surface area contributed by atoms with Crippen LogP contribution in [0.1, 0.15) is 373 Å². The van der Waals surface area contributed by atoms with Gasteiger partial charge in [0.15, 0.2) is 6.10 Å². The van der Waals surface area contributed by atoms with Crippen LogP contribution < -0.4 is 0 Å². The normalized spacial score (nSPS) is 13.2. The number of nitrogens with zero attached hydrogens (tertiary/aromatic N) is 1. The van der Waals surface area contributed by atoms with Crippen molar-refractivity contribution in [2.24, 2.45) is 0 Å². The Morgan fingerprint density at radius 1 is 0.378 bits per heavy atom. The first-order valence-corrected chi connectivity index (χ1v) is 37.6. The van der Waals surface area contributed by atoms with Gasteiger partial charge in [-0.05, 0) is 44.9 Å². The van der Waals surface area contributed by atoms with Gasteiger partial charge in [0, 0.05) is 12.8 Å². The Morgan fingerprint density at radius 3 is 0.963 bits per heavy atom. The molecule has 0 radical (unpaired) electrons. The van der Waals surface area contributed by atoms with E-state index in [0.717, 1.165) is 38.5 Å². The van der Waals surface area contributed by atoms with Crippen molar-refractivity contribution in [3.63, 3.8) is 0 Å². The molecular formula is C72H141NO8P+. The second kappa shape index (κ2) is 64.0. The van der Waals surface area contributed by atoms with Gasteiger partial charge in [0.2, 0.25) is 0 Å². The fourth-order valence-corrected chi connectivity index (χ4v) is 11.7. The Morgan fingerprint density at radius 2 is 0.659 bits per heavy atom. The molecule has 0 aromatic carbocycles. The highest BCUT2D eigenvalue weighted by molar-refractivity contribution is 7.47. The third kappa shape index (κ3) is 67.6. The number of hydrogen-bond donors (Lipinski definition) is 1. The number of allylic oxidation sites excluding steroid dienone is 4. The smallest absolute Gasteiger partial charge is 0.462 e. The van der Waals surface area contributed by atoms with E-state index in [2.05, 4.69) is 38.2 Å². The fourth-order valence-electron chi connectivity index (χ4n) is 10.9. The predicted octanol–water partition coefficient (Wildman–Crippen LogP) is 23.3. The summed E-state index contributed by atoms with van der Waals surface area (Å²) in [5, 5.41) is 0. The van der Waals surface area contributed by atoms with E-state index in [-0.39, 0.29) is 25.6 Å². The number of unbranched alkanes of at least 4 members (excludes halogenated alkanes) is 50. The maximum absolute atomic E-state index is 12.9. The quantitative estimate of drug-likeness (QED) is 0.0211. The number of rotatable bonds is 68. The van der Waals surface area contributed by atoms with Crippen molar-refractivity contribution in [1.29, 1.82) is 0 Å². The molecule has 0 bridgehead atoms. The molecule has 0 spiro atoms. The maximum atomic E-state index is 12.9. The van der Waals surface area contributed by atoms with Crippen molar-refractivity contribution in [2.45, 2.75) is 380 Å². The molecule has 10 heteroatoms. The van der Waals surface area contributed by atoms with Crippen LogP contribution in [-0.4, -0.2) is 74.9 Å². The van der Waals surface area contributed by atoms with E-state index in [1.165, 1.54) is 302 Å². The molecule has 2 atom stereocenters. The largest absolute Gasteiger partial charge is 0.472 e. The molecule has 2 unspecified atom stereocenters. The van der Waals surface area contributed by atoms with E-state index in [9.17, 15) is 19.0 Å². The summed E-state index contributed by atoms with van der Waals surface area (Å²) < 4.78 is 34.8. The van der Waals surface area contributed by atoms with E-state index >= 15 is 0 Å². The van der Waals surface area contributed by atoms with Crippen LogP contribution in [0, 0.1) is 0 Å². The van der Waals surface area contributed by atoms with Gasteiger partial charge >= 0.3 is 19.8 Å². The number of carbonyl (C=O) groups is 2. The van der Waals surface area contributed by atoms with Gasteiger partial charge in [-0.1, -0.05) is 340 Å². The van der Waals surface area contributed by atoms with Crippen molar-refractivity contribution in [2.75, 3.05) is 47.5 Å². The second-order valence-electron chi connectivity index (χ2n) is 26.0. The summed E-state index contributed by atoms with van der Waals surface area (Å²) in [5.41, 5.74) is 0. The van der Waals surface area contributed by atoms with Gasteiger partial charge in [-0.2, -0.15) is 0 Å². The van der Waals surface area contributed by atoms with Gasteiger partial charge in [0.1, 0.15) is 19.8 Å². The van der Waals surface area contributed by atoms with Gasteiger partial charge < -0.3 is 18.9 Å². The minimum Gasteiger partial charge on any atom is -0.462 e. The zero-order valence-corrected chi connectivity index (χ0v) is 56.4. The van der Waals surface area contributed by atoms with Gasteiger partial charge in [0.25, 0.3) is 0 Å². The van der Waals surface area contributed by atoms with Crippen LogP contribution in [0.5, 0.6) is 0 Å². The highest BCUT2D eigenvalue weighted by atomic mass is 31.2. The third-order valence-electron chi connectivity index (χ3n) is 16.5. The Kier molecular flexibility index (Phi) is 62.8. The molecule has 1 N–H and O–H groups in total. The van der Waals surface area contributed by atoms with E-state index in [0.29, 0.717) is 23.9 Å². The average Bonchev–Trinajstić information content (AvgIpc) is 3.46. The van der Waals surface area contributed by atoms with Crippen LogP contribution in [0.25, 0.3) is 0 Å². The zero-order chi connectivity index (χ0) is 59.8. The van der Waals surface area contributed by atoms with Crippen LogP contribution in [0.3, 0.4) is 0 Å². The summed E-state index contributed by atoms with van der Waals surface area (Å²) >= 11 is 0. The lowest BCUT2D eigenvalue weighted by Crippen LogP contribution is -2.37. The predicted molar refractivity (Wildman–Crippen MR) is 354 cm³/mol. The summed E-state index contributed by atoms with van der Waals surface area (Å²) in [7, 11) is 1.50. The fraction of sp³-hybridized carbons (Fsp3) is 0.917.